The minimum Gasteiger partial charge on any atom is -0.397 e. The number of nitrogens with zero attached hydrogens (tertiary/aromatic N) is 12. The molecule has 0 aliphatic rings. The van der Waals surface area contributed by atoms with Crippen LogP contribution in [0, 0.1) is 29.2 Å². The van der Waals surface area contributed by atoms with Crippen molar-refractivity contribution in [2.24, 2.45) is 5.92 Å². The van der Waals surface area contributed by atoms with Crippen LogP contribution in [0.1, 0.15) is 33.6 Å². The maximum Gasteiger partial charge on any atom is 0.224 e. The number of nitrogens with one attached hydrogen (secondary N) is 10. The monoisotopic (exact) mass is 1810 g/mol. The summed E-state index contributed by atoms with van der Waals surface area (Å²) in [4.78, 5) is 73.7. The van der Waals surface area contributed by atoms with E-state index in [0.29, 0.717) is 126 Å². The summed E-state index contributed by atoms with van der Waals surface area (Å²) in [6.45, 7) is 5.82. The van der Waals surface area contributed by atoms with Crippen molar-refractivity contribution < 1.29 is 27.2 Å². The Kier molecular flexibility index (Phi) is 22.8. The second kappa shape index (κ2) is 36.7. The van der Waals surface area contributed by atoms with Crippen molar-refractivity contribution in [2.75, 3.05) is 16.4 Å². The SMILES string of the molecule is CC(C)CC(=O)Nc1cncc(-c2ccc3[nH]nc(-c4nc5c(-c6ccccc6F)cccc5[nH]4)c3c2)c1.CCC(=O)Nc1cncc(-c2ccc3[nH]nc(-c4nc5c(-c6ccccc6F)cccc5[nH]4)c3c2)c1.Fc1ccccc1-c1cccc2[nH]c(-c3n[nH]c4ccc(-c5cccnc5)cc34)nc12.Nc1cncc(-c2ccc3[nH]nc(-c4nc5c(-c6ccccc6F)cccc5[nH]4)c3c2)c1. The first-order valence-corrected chi connectivity index (χ1v) is 44.0. The molecular weight excluding hydrogens is 1730 g/mol. The Morgan fingerprint density at radius 1 is 0.307 bits per heavy atom. The third-order valence-corrected chi connectivity index (χ3v) is 23.6. The van der Waals surface area contributed by atoms with Gasteiger partial charge in [-0.3, -0.25) is 49.9 Å². The molecule has 12 aromatic carbocycles. The van der Waals surface area contributed by atoms with E-state index in [1.807, 2.05) is 214 Å². The Labute approximate surface area is 776 Å². The van der Waals surface area contributed by atoms with Crippen LogP contribution >= 0.6 is 0 Å². The molecule has 0 unspecified atom stereocenters. The zero-order chi connectivity index (χ0) is 93.3. The molecule has 24 rings (SSSR count). The molecule has 0 radical (unpaired) electrons. The van der Waals surface area contributed by atoms with Gasteiger partial charge in [0, 0.05) is 138 Å². The topological polar surface area (TPSA) is 365 Å². The van der Waals surface area contributed by atoms with Gasteiger partial charge in [0.25, 0.3) is 0 Å². The zero-order valence-electron chi connectivity index (χ0n) is 73.4. The average Bonchev–Trinajstić information content (AvgIpc) is 1.63. The molecule has 24 aromatic rings. The number of pyridine rings is 4. The van der Waals surface area contributed by atoms with Gasteiger partial charge in [0.15, 0.2) is 23.3 Å². The number of H-pyrrole nitrogens is 8. The first-order valence-electron chi connectivity index (χ1n) is 44.0. The standard InChI is InChI=1S/C30H25FN6O.C28H21FN6O.C25H17FN6.C25H16FN5/c1-17(2)12-27(38)33-20-13-19(15-32-16-20)18-10-11-25-23(14-18)29(37-36-25)30-34-26-9-5-7-22(28(26)35-30)21-6-3-4-8-24(21)31;1-2-25(36)31-18-12-17(14-30-15-18)16-10-11-23-21(13-16)27(35-34-23)28-32-24-9-5-7-20(26(24)33-28)19-6-3-4-8-22(19)29;26-20-6-2-1-4-17(20)18-5-3-7-22-23(18)30-25(29-22)24-19-11-14(8-9-21(19)31-32-24)15-10-16(27)13-28-12-15;26-20-8-2-1-6-17(20)18-7-3-9-22-23(18)29-25(28-22)24-19-13-15(10-11-21(19)30-31-24)16-5-4-12-27-14-16/h3-11,13-17H,12H2,1-2H3,(H,33,38)(H,34,35)(H,36,37);3-15H,2H2,1H3,(H,31,36)(H,32,33)(H,34,35);1-13H,27H2,(H,29,30)(H,31,32);1-14H,(H,28,29)(H,30,31). The maximum atomic E-state index is 14.6. The van der Waals surface area contributed by atoms with Crippen LogP contribution in [-0.2, 0) is 9.59 Å². The Bertz CT molecular complexity index is 8730. The number of fused-ring (bicyclic) bond motifs is 8. The molecule has 666 valence electrons. The predicted molar refractivity (Wildman–Crippen MR) is 531 cm³/mol. The van der Waals surface area contributed by atoms with Gasteiger partial charge in [0.2, 0.25) is 11.8 Å². The molecule has 12 N–H and O–H groups in total. The zero-order valence-corrected chi connectivity index (χ0v) is 73.4. The number of anilines is 3. The molecular formula is C108H79F4N23O2. The van der Waals surface area contributed by atoms with Crippen LogP contribution in [0.3, 0.4) is 0 Å². The summed E-state index contributed by atoms with van der Waals surface area (Å²) < 4.78 is 58.0. The van der Waals surface area contributed by atoms with E-state index in [2.05, 4.69) is 97.4 Å². The number of halogens is 4. The van der Waals surface area contributed by atoms with E-state index in [1.165, 1.54) is 24.3 Å². The van der Waals surface area contributed by atoms with Crippen LogP contribution in [0.2, 0.25) is 0 Å². The number of benzene rings is 12. The summed E-state index contributed by atoms with van der Waals surface area (Å²) in [7, 11) is 0. The molecule has 0 atom stereocenters. The number of carbonyl (C=O) groups is 2. The lowest BCUT2D eigenvalue weighted by molar-refractivity contribution is -0.117. The molecule has 0 saturated heterocycles. The van der Waals surface area contributed by atoms with Crippen molar-refractivity contribution >= 4 is 117 Å². The molecule has 2 amide bonds. The van der Waals surface area contributed by atoms with Crippen LogP contribution in [0.25, 0.3) is 223 Å². The summed E-state index contributed by atoms with van der Waals surface area (Å²) in [5.74, 6) is 1.43. The van der Waals surface area contributed by atoms with Crippen molar-refractivity contribution in [1.29, 1.82) is 0 Å². The second-order valence-electron chi connectivity index (χ2n) is 33.1. The van der Waals surface area contributed by atoms with Gasteiger partial charge >= 0.3 is 0 Å². The van der Waals surface area contributed by atoms with Gasteiger partial charge in [0.05, 0.1) is 95.7 Å². The van der Waals surface area contributed by atoms with Crippen molar-refractivity contribution in [3.05, 3.63) is 346 Å². The maximum absolute atomic E-state index is 14.6. The highest BCUT2D eigenvalue weighted by Gasteiger charge is 2.25. The third kappa shape index (κ3) is 17.2. The fourth-order valence-electron chi connectivity index (χ4n) is 17.0. The number of aromatic nitrogens is 20. The Morgan fingerprint density at radius 2 is 0.613 bits per heavy atom. The van der Waals surface area contributed by atoms with E-state index < -0.39 is 0 Å². The quantitative estimate of drug-likeness (QED) is 0.0377. The molecule has 0 fully saturated rings. The summed E-state index contributed by atoms with van der Waals surface area (Å²) in [5, 5.41) is 39.7. The number of carbonyl (C=O) groups excluding carboxylic acids is 2. The minimum absolute atomic E-state index is 0.0360. The van der Waals surface area contributed by atoms with E-state index in [0.717, 1.165) is 127 Å². The number of rotatable bonds is 17. The first-order chi connectivity index (χ1) is 67.0. The number of para-hydroxylation sites is 4. The van der Waals surface area contributed by atoms with E-state index in [-0.39, 0.29) is 41.0 Å². The van der Waals surface area contributed by atoms with Crippen molar-refractivity contribution in [2.45, 2.75) is 33.6 Å². The van der Waals surface area contributed by atoms with Crippen LogP contribution < -0.4 is 16.4 Å². The number of hydrogen-bond donors (Lipinski definition) is 11. The van der Waals surface area contributed by atoms with Gasteiger partial charge in [-0.05, 0) is 149 Å². The van der Waals surface area contributed by atoms with Crippen LogP contribution in [0.4, 0.5) is 34.6 Å². The molecule has 0 spiro atoms. The number of nitrogen functional groups attached to an aromatic ring is 1. The molecule has 29 heteroatoms. The minimum atomic E-state index is -0.296. The van der Waals surface area contributed by atoms with Gasteiger partial charge in [-0.1, -0.05) is 172 Å². The number of amides is 2. The van der Waals surface area contributed by atoms with Gasteiger partial charge in [-0.15, -0.1) is 0 Å². The Morgan fingerprint density at radius 3 is 0.927 bits per heavy atom. The lowest BCUT2D eigenvalue weighted by Crippen LogP contribution is -2.13. The second-order valence-corrected chi connectivity index (χ2v) is 33.1. The molecule has 0 saturated carbocycles. The summed E-state index contributed by atoms with van der Waals surface area (Å²) >= 11 is 0. The van der Waals surface area contributed by atoms with E-state index in [9.17, 15) is 27.2 Å². The molecule has 25 nitrogen and oxygen atoms in total. The van der Waals surface area contributed by atoms with E-state index in [1.54, 1.807) is 98.8 Å². The van der Waals surface area contributed by atoms with Crippen LogP contribution in [0.5, 0.6) is 0 Å². The fraction of sp³-hybridized carbons (Fsp3) is 0.0556. The van der Waals surface area contributed by atoms with Crippen molar-refractivity contribution in [1.82, 2.24) is 101 Å². The largest absolute Gasteiger partial charge is 0.397 e. The molecule has 0 aliphatic heterocycles. The highest BCUT2D eigenvalue weighted by atomic mass is 19.1. The summed E-state index contributed by atoms with van der Waals surface area (Å²) in [6.07, 6.45) is 14.6. The smallest absolute Gasteiger partial charge is 0.224 e. The molecule has 12 heterocycles. The van der Waals surface area contributed by atoms with Gasteiger partial charge < -0.3 is 36.3 Å². The third-order valence-electron chi connectivity index (χ3n) is 23.6. The van der Waals surface area contributed by atoms with Gasteiger partial charge in [-0.2, -0.15) is 20.4 Å². The molecule has 137 heavy (non-hydrogen) atoms. The van der Waals surface area contributed by atoms with E-state index >= 15 is 0 Å². The summed E-state index contributed by atoms with van der Waals surface area (Å²) in [5.41, 5.74) is 32.5. The Balaban J connectivity index is 0.000000109. The average molecular weight is 1810 g/mol. The van der Waals surface area contributed by atoms with Gasteiger partial charge in [0.1, 0.15) is 46.0 Å². The molecule has 0 bridgehead atoms. The highest BCUT2D eigenvalue weighted by molar-refractivity contribution is 6.05. The Hall–Kier alpha value is -18.5. The number of aromatic amines is 8. The summed E-state index contributed by atoms with van der Waals surface area (Å²) in [6, 6.07) is 83.2. The first kappa shape index (κ1) is 85.3. The van der Waals surface area contributed by atoms with E-state index in [4.69, 9.17) is 25.7 Å². The normalized spacial score (nSPS) is 11.4. The number of hydrogen-bond acceptors (Lipinski definition) is 15. The fourth-order valence-corrected chi connectivity index (χ4v) is 17.0. The van der Waals surface area contributed by atoms with Gasteiger partial charge in [-0.25, -0.2) is 37.5 Å². The molecule has 12 aromatic heterocycles. The van der Waals surface area contributed by atoms with Crippen LogP contribution in [-0.4, -0.2) is 112 Å². The lowest BCUT2D eigenvalue weighted by Gasteiger charge is -2.09. The number of imidazole rings is 4. The number of nitrogens with two attached hydrogens (primary N) is 1. The van der Waals surface area contributed by atoms with Crippen LogP contribution in [0.15, 0.2) is 323 Å². The van der Waals surface area contributed by atoms with Crippen molar-refractivity contribution in [3.8, 4) is 135 Å². The highest BCUT2D eigenvalue weighted by Crippen LogP contribution is 2.42. The lowest BCUT2D eigenvalue weighted by atomic mass is 10.0. The predicted octanol–water partition coefficient (Wildman–Crippen LogP) is 24.8. The van der Waals surface area contributed by atoms with Crippen molar-refractivity contribution in [3.63, 3.8) is 0 Å². The molecule has 0 aliphatic carbocycles.